The van der Waals surface area contributed by atoms with Crippen LogP contribution in [0.2, 0.25) is 0 Å². The van der Waals surface area contributed by atoms with E-state index in [2.05, 4.69) is 5.32 Å². The Bertz CT molecular complexity index is 619. The van der Waals surface area contributed by atoms with E-state index in [0.717, 1.165) is 31.2 Å². The summed E-state index contributed by atoms with van der Waals surface area (Å²) >= 11 is 0. The van der Waals surface area contributed by atoms with Crippen LogP contribution in [0.3, 0.4) is 0 Å². The first kappa shape index (κ1) is 15.4. The van der Waals surface area contributed by atoms with Crippen LogP contribution in [0.4, 0.5) is 0 Å². The number of ether oxygens (including phenoxy) is 3. The predicted octanol–water partition coefficient (Wildman–Crippen LogP) is 2.03. The molecule has 0 unspecified atom stereocenters. The summed E-state index contributed by atoms with van der Waals surface area (Å²) in [7, 11) is 0. The number of esters is 1. The van der Waals surface area contributed by atoms with Gasteiger partial charge in [0.05, 0.1) is 0 Å². The number of fused-ring (bicyclic) bond motifs is 1. The molecule has 0 aromatic heterocycles. The number of carbonyl (C=O) groups excluding carboxylic acids is 2. The van der Waals surface area contributed by atoms with Gasteiger partial charge in [-0.15, -0.1) is 0 Å². The Balaban J connectivity index is 1.44. The van der Waals surface area contributed by atoms with E-state index in [1.807, 2.05) is 6.07 Å². The highest BCUT2D eigenvalue weighted by molar-refractivity contribution is 5.89. The molecule has 23 heavy (non-hydrogen) atoms. The van der Waals surface area contributed by atoms with Gasteiger partial charge in [-0.25, -0.2) is 4.79 Å². The monoisotopic (exact) mass is 317 g/mol. The quantitative estimate of drug-likeness (QED) is 0.664. The van der Waals surface area contributed by atoms with Crippen molar-refractivity contribution < 1.29 is 23.8 Å². The molecule has 1 aromatic rings. The van der Waals surface area contributed by atoms with Crippen LogP contribution < -0.4 is 14.8 Å². The van der Waals surface area contributed by atoms with Crippen molar-refractivity contribution in [3.8, 4) is 11.5 Å². The molecule has 0 radical (unpaired) electrons. The zero-order chi connectivity index (χ0) is 16.1. The summed E-state index contributed by atoms with van der Waals surface area (Å²) in [6, 6.07) is 5.59. The molecule has 1 saturated carbocycles. The number of amides is 1. The highest BCUT2D eigenvalue weighted by Gasteiger charge is 2.17. The minimum Gasteiger partial charge on any atom is -0.454 e. The highest BCUT2D eigenvalue weighted by Crippen LogP contribution is 2.32. The average Bonchev–Trinajstić information content (AvgIpc) is 3.21. The fraction of sp³-hybridized carbons (Fsp3) is 0.412. The molecule has 6 nitrogen and oxygen atoms in total. The van der Waals surface area contributed by atoms with Gasteiger partial charge in [0.15, 0.2) is 18.1 Å². The zero-order valence-electron chi connectivity index (χ0n) is 12.7. The van der Waals surface area contributed by atoms with Gasteiger partial charge in [0.1, 0.15) is 0 Å². The Labute approximate surface area is 134 Å². The lowest BCUT2D eigenvalue weighted by atomic mass is 10.2. The molecule has 1 aromatic carbocycles. The van der Waals surface area contributed by atoms with Crippen LogP contribution in [0.25, 0.3) is 6.08 Å². The van der Waals surface area contributed by atoms with Crippen molar-refractivity contribution in [1.82, 2.24) is 5.32 Å². The molecule has 2 aliphatic rings. The van der Waals surface area contributed by atoms with Gasteiger partial charge in [0, 0.05) is 12.1 Å². The third kappa shape index (κ3) is 4.25. The smallest absolute Gasteiger partial charge is 0.331 e. The van der Waals surface area contributed by atoms with Crippen LogP contribution in [0.1, 0.15) is 31.2 Å². The summed E-state index contributed by atoms with van der Waals surface area (Å²) in [4.78, 5) is 23.3. The van der Waals surface area contributed by atoms with Crippen molar-refractivity contribution >= 4 is 18.0 Å². The maximum absolute atomic E-state index is 11.7. The summed E-state index contributed by atoms with van der Waals surface area (Å²) in [5.74, 6) is 0.538. The Hall–Kier alpha value is -2.50. The number of benzene rings is 1. The molecule has 0 atom stereocenters. The van der Waals surface area contributed by atoms with Crippen LogP contribution >= 0.6 is 0 Å². The van der Waals surface area contributed by atoms with E-state index in [1.54, 1.807) is 18.2 Å². The lowest BCUT2D eigenvalue weighted by molar-refractivity contribution is -0.144. The Morgan fingerprint density at radius 1 is 1.22 bits per heavy atom. The highest BCUT2D eigenvalue weighted by atomic mass is 16.7. The molecule has 0 saturated heterocycles. The molecule has 122 valence electrons. The maximum atomic E-state index is 11.7. The van der Waals surface area contributed by atoms with Crippen molar-refractivity contribution in [3.63, 3.8) is 0 Å². The summed E-state index contributed by atoms with van der Waals surface area (Å²) in [6.45, 7) is -0.0402. The van der Waals surface area contributed by atoms with Gasteiger partial charge in [0.2, 0.25) is 6.79 Å². The number of hydrogen-bond acceptors (Lipinski definition) is 5. The van der Waals surface area contributed by atoms with Gasteiger partial charge in [-0.2, -0.15) is 0 Å². The summed E-state index contributed by atoms with van der Waals surface area (Å²) in [6.07, 6.45) is 7.19. The van der Waals surface area contributed by atoms with Crippen LogP contribution in [0.15, 0.2) is 24.3 Å². The van der Waals surface area contributed by atoms with E-state index in [1.165, 1.54) is 6.08 Å². The Morgan fingerprint density at radius 3 is 2.83 bits per heavy atom. The summed E-state index contributed by atoms with van der Waals surface area (Å²) in [5.41, 5.74) is 0.793. The third-order valence-corrected chi connectivity index (χ3v) is 3.87. The molecule has 1 aliphatic carbocycles. The molecular weight excluding hydrogens is 298 g/mol. The molecule has 1 heterocycles. The van der Waals surface area contributed by atoms with Crippen LogP contribution in [-0.4, -0.2) is 31.3 Å². The number of nitrogens with one attached hydrogen (secondary N) is 1. The third-order valence-electron chi connectivity index (χ3n) is 3.87. The number of hydrogen-bond donors (Lipinski definition) is 1. The van der Waals surface area contributed by atoms with Gasteiger partial charge in [0.25, 0.3) is 5.91 Å². The van der Waals surface area contributed by atoms with Gasteiger partial charge in [-0.05, 0) is 36.6 Å². The summed E-state index contributed by atoms with van der Waals surface area (Å²) in [5, 5.41) is 2.87. The standard InChI is InChI=1S/C17H19NO5/c19-16(18-13-3-1-2-4-13)10-21-17(20)8-6-12-5-7-14-15(9-12)23-11-22-14/h5-9,13H,1-4,10-11H2,(H,18,19)/b8-6+. The van der Waals surface area contributed by atoms with Gasteiger partial charge in [-0.3, -0.25) is 4.79 Å². The topological polar surface area (TPSA) is 73.9 Å². The lowest BCUT2D eigenvalue weighted by Gasteiger charge is -2.11. The minimum atomic E-state index is -0.552. The van der Waals surface area contributed by atoms with E-state index in [-0.39, 0.29) is 25.3 Å². The van der Waals surface area contributed by atoms with E-state index < -0.39 is 5.97 Å². The molecule has 3 rings (SSSR count). The van der Waals surface area contributed by atoms with E-state index >= 15 is 0 Å². The molecule has 1 fully saturated rings. The maximum Gasteiger partial charge on any atom is 0.331 e. The van der Waals surface area contributed by atoms with E-state index in [9.17, 15) is 9.59 Å². The zero-order valence-corrected chi connectivity index (χ0v) is 12.7. The normalized spacial score (nSPS) is 16.7. The summed E-state index contributed by atoms with van der Waals surface area (Å²) < 4.78 is 15.4. The second kappa shape index (κ2) is 7.17. The fourth-order valence-electron chi connectivity index (χ4n) is 2.71. The van der Waals surface area contributed by atoms with Crippen molar-refractivity contribution in [2.75, 3.05) is 13.4 Å². The minimum absolute atomic E-state index is 0.209. The van der Waals surface area contributed by atoms with Gasteiger partial charge < -0.3 is 19.5 Å². The lowest BCUT2D eigenvalue weighted by Crippen LogP contribution is -2.35. The largest absolute Gasteiger partial charge is 0.454 e. The molecule has 1 amide bonds. The van der Waals surface area contributed by atoms with Gasteiger partial charge >= 0.3 is 5.97 Å². The fourth-order valence-corrected chi connectivity index (χ4v) is 2.71. The number of carbonyl (C=O) groups is 2. The SMILES string of the molecule is O=C(COC(=O)/C=C/c1ccc2c(c1)OCO2)NC1CCCC1. The van der Waals surface area contributed by atoms with Crippen LogP contribution in [0, 0.1) is 0 Å². The molecule has 0 bridgehead atoms. The van der Waals surface area contributed by atoms with Gasteiger partial charge in [-0.1, -0.05) is 18.9 Å². The first-order valence-corrected chi connectivity index (χ1v) is 7.74. The van der Waals surface area contributed by atoms with Crippen LogP contribution in [-0.2, 0) is 14.3 Å². The van der Waals surface area contributed by atoms with Crippen molar-refractivity contribution in [2.24, 2.45) is 0 Å². The predicted molar refractivity (Wildman–Crippen MR) is 83.0 cm³/mol. The first-order chi connectivity index (χ1) is 11.2. The molecule has 1 aliphatic heterocycles. The van der Waals surface area contributed by atoms with Crippen molar-refractivity contribution in [1.29, 1.82) is 0 Å². The van der Waals surface area contributed by atoms with E-state index in [4.69, 9.17) is 14.2 Å². The van der Waals surface area contributed by atoms with Crippen molar-refractivity contribution in [2.45, 2.75) is 31.7 Å². The van der Waals surface area contributed by atoms with Crippen molar-refractivity contribution in [3.05, 3.63) is 29.8 Å². The molecule has 6 heteroatoms. The molecular formula is C17H19NO5. The van der Waals surface area contributed by atoms with Crippen LogP contribution in [0.5, 0.6) is 11.5 Å². The number of rotatable bonds is 5. The second-order valence-electron chi connectivity index (χ2n) is 5.60. The Kier molecular flexibility index (Phi) is 4.80. The molecule has 0 spiro atoms. The first-order valence-electron chi connectivity index (χ1n) is 7.74. The molecule has 1 N–H and O–H groups in total. The van der Waals surface area contributed by atoms with E-state index in [0.29, 0.717) is 11.5 Å². The Morgan fingerprint density at radius 2 is 2.00 bits per heavy atom. The average molecular weight is 317 g/mol. The second-order valence-corrected chi connectivity index (χ2v) is 5.60.